The first kappa shape index (κ1) is 13.8. The number of benzene rings is 2. The average Bonchev–Trinajstić information content (AvgIpc) is 2.43. The fraction of sp³-hybridized carbons (Fsp3) is 0. The van der Waals surface area contributed by atoms with Crippen LogP contribution in [0.5, 0.6) is 0 Å². The van der Waals surface area contributed by atoms with Crippen LogP contribution in [0.1, 0.15) is 15.9 Å². The van der Waals surface area contributed by atoms with Gasteiger partial charge in [0, 0.05) is 11.3 Å². The van der Waals surface area contributed by atoms with Crippen LogP contribution < -0.4 is 11.1 Å². The largest absolute Gasteiger partial charge is 0.396 e. The van der Waals surface area contributed by atoms with Crippen molar-refractivity contribution >= 4 is 28.9 Å². The molecule has 2 aromatic carbocycles. The van der Waals surface area contributed by atoms with E-state index in [2.05, 4.69) is 5.32 Å². The summed E-state index contributed by atoms with van der Waals surface area (Å²) in [5.74, 6) is -1.17. The number of anilines is 2. The highest BCUT2D eigenvalue weighted by atomic mass is 35.5. The van der Waals surface area contributed by atoms with Crippen molar-refractivity contribution < 1.29 is 9.18 Å². The summed E-state index contributed by atoms with van der Waals surface area (Å²) in [6.45, 7) is 0. The van der Waals surface area contributed by atoms with Crippen LogP contribution in [0.25, 0.3) is 0 Å². The van der Waals surface area contributed by atoms with Gasteiger partial charge in [-0.3, -0.25) is 4.79 Å². The maximum absolute atomic E-state index is 13.3. The summed E-state index contributed by atoms with van der Waals surface area (Å²) >= 11 is 5.79. The fourth-order valence-electron chi connectivity index (χ4n) is 1.56. The molecular formula is C14H9ClFN3O. The van der Waals surface area contributed by atoms with E-state index in [0.717, 1.165) is 6.07 Å². The summed E-state index contributed by atoms with van der Waals surface area (Å²) < 4.78 is 13.3. The molecule has 2 rings (SSSR count). The van der Waals surface area contributed by atoms with Crippen molar-refractivity contribution in [3.63, 3.8) is 0 Å². The van der Waals surface area contributed by atoms with Gasteiger partial charge in [-0.1, -0.05) is 11.6 Å². The Bertz CT molecular complexity index is 725. The average molecular weight is 290 g/mol. The van der Waals surface area contributed by atoms with Crippen molar-refractivity contribution in [3.8, 4) is 6.07 Å². The van der Waals surface area contributed by atoms with E-state index in [-0.39, 0.29) is 16.8 Å². The third-order valence-corrected chi connectivity index (χ3v) is 2.94. The highest BCUT2D eigenvalue weighted by Crippen LogP contribution is 2.20. The molecule has 4 nitrogen and oxygen atoms in total. The van der Waals surface area contributed by atoms with Crippen molar-refractivity contribution in [1.29, 1.82) is 5.26 Å². The molecule has 0 aliphatic rings. The molecule has 0 bridgehead atoms. The third kappa shape index (κ3) is 2.87. The van der Waals surface area contributed by atoms with Gasteiger partial charge in [-0.25, -0.2) is 4.39 Å². The smallest absolute Gasteiger partial charge is 0.255 e. The molecule has 0 atom stereocenters. The Kier molecular flexibility index (Phi) is 3.87. The van der Waals surface area contributed by atoms with Gasteiger partial charge in [-0.2, -0.15) is 5.26 Å². The minimum atomic E-state index is -0.661. The van der Waals surface area contributed by atoms with Crippen LogP contribution in [0.15, 0.2) is 36.4 Å². The predicted octanol–water partition coefficient (Wildman–Crippen LogP) is 3.19. The predicted molar refractivity (Wildman–Crippen MR) is 74.9 cm³/mol. The van der Waals surface area contributed by atoms with E-state index in [4.69, 9.17) is 22.6 Å². The Morgan fingerprint density at radius 3 is 2.70 bits per heavy atom. The van der Waals surface area contributed by atoms with Gasteiger partial charge in [0.05, 0.1) is 16.3 Å². The molecule has 0 saturated carbocycles. The molecule has 2 aromatic rings. The van der Waals surface area contributed by atoms with Gasteiger partial charge in [-0.05, 0) is 36.4 Å². The van der Waals surface area contributed by atoms with Gasteiger partial charge in [0.15, 0.2) is 0 Å². The number of nitrogen functional groups attached to an aromatic ring is 1. The molecule has 0 radical (unpaired) electrons. The van der Waals surface area contributed by atoms with Gasteiger partial charge in [0.1, 0.15) is 11.9 Å². The van der Waals surface area contributed by atoms with E-state index in [1.165, 1.54) is 24.3 Å². The Labute approximate surface area is 119 Å². The van der Waals surface area contributed by atoms with E-state index in [9.17, 15) is 9.18 Å². The lowest BCUT2D eigenvalue weighted by atomic mass is 10.1. The molecule has 0 unspecified atom stereocenters. The first-order chi connectivity index (χ1) is 9.51. The first-order valence-corrected chi connectivity index (χ1v) is 5.95. The number of carbonyl (C=O) groups excluding carboxylic acids is 1. The molecule has 0 heterocycles. The maximum Gasteiger partial charge on any atom is 0.255 e. The number of amides is 1. The van der Waals surface area contributed by atoms with Gasteiger partial charge >= 0.3 is 0 Å². The first-order valence-electron chi connectivity index (χ1n) is 5.57. The summed E-state index contributed by atoms with van der Waals surface area (Å²) in [6.07, 6.45) is 0. The van der Waals surface area contributed by atoms with Crippen LogP contribution >= 0.6 is 11.6 Å². The van der Waals surface area contributed by atoms with Crippen molar-refractivity contribution in [2.75, 3.05) is 11.1 Å². The van der Waals surface area contributed by atoms with E-state index >= 15 is 0 Å². The van der Waals surface area contributed by atoms with Crippen LogP contribution in [0.2, 0.25) is 5.02 Å². The molecule has 6 heteroatoms. The van der Waals surface area contributed by atoms with Crippen LogP contribution in [0.4, 0.5) is 15.8 Å². The van der Waals surface area contributed by atoms with Gasteiger partial charge in [0.2, 0.25) is 0 Å². The van der Waals surface area contributed by atoms with Crippen molar-refractivity contribution in [2.45, 2.75) is 0 Å². The molecule has 0 saturated heterocycles. The molecule has 1 amide bonds. The number of nitrogens with zero attached hydrogens (tertiary/aromatic N) is 1. The lowest BCUT2D eigenvalue weighted by Crippen LogP contribution is -2.12. The van der Waals surface area contributed by atoms with Gasteiger partial charge < -0.3 is 11.1 Å². The Balaban J connectivity index is 2.23. The number of rotatable bonds is 2. The van der Waals surface area contributed by atoms with E-state index < -0.39 is 11.7 Å². The topological polar surface area (TPSA) is 78.9 Å². The molecule has 20 heavy (non-hydrogen) atoms. The summed E-state index contributed by atoms with van der Waals surface area (Å²) in [5, 5.41) is 11.7. The molecule has 3 N–H and O–H groups in total. The maximum atomic E-state index is 13.3. The molecule has 100 valence electrons. The van der Waals surface area contributed by atoms with Gasteiger partial charge in [0.25, 0.3) is 5.91 Å². The monoisotopic (exact) mass is 289 g/mol. The number of hydrogen-bond acceptors (Lipinski definition) is 3. The minimum Gasteiger partial charge on any atom is -0.396 e. The number of halogens is 2. The third-order valence-electron chi connectivity index (χ3n) is 2.61. The van der Waals surface area contributed by atoms with Crippen molar-refractivity contribution in [2.24, 2.45) is 0 Å². The summed E-state index contributed by atoms with van der Waals surface area (Å²) in [5.41, 5.74) is 6.08. The molecule has 0 fully saturated rings. The zero-order chi connectivity index (χ0) is 14.7. The summed E-state index contributed by atoms with van der Waals surface area (Å²) in [6, 6.07) is 10.2. The van der Waals surface area contributed by atoms with Gasteiger partial charge in [-0.15, -0.1) is 0 Å². The summed E-state index contributed by atoms with van der Waals surface area (Å²) in [7, 11) is 0. The molecule has 0 spiro atoms. The second-order valence-corrected chi connectivity index (χ2v) is 4.40. The Hall–Kier alpha value is -2.58. The van der Waals surface area contributed by atoms with Crippen molar-refractivity contribution in [3.05, 3.63) is 58.4 Å². The number of hydrogen-bond donors (Lipinski definition) is 2. The second-order valence-electron chi connectivity index (χ2n) is 4.00. The minimum absolute atomic E-state index is 0.0280. The quantitative estimate of drug-likeness (QED) is 0.833. The SMILES string of the molecule is N#Cc1cc(NC(=O)c2ccc(N)c(F)c2)ccc1Cl. The number of carbonyl (C=O) groups is 1. The van der Waals surface area contributed by atoms with E-state index in [0.29, 0.717) is 10.7 Å². The summed E-state index contributed by atoms with van der Waals surface area (Å²) in [4.78, 5) is 11.9. The Morgan fingerprint density at radius 2 is 2.05 bits per heavy atom. The molecule has 0 aliphatic carbocycles. The zero-order valence-corrected chi connectivity index (χ0v) is 10.9. The zero-order valence-electron chi connectivity index (χ0n) is 10.2. The highest BCUT2D eigenvalue weighted by Gasteiger charge is 2.10. The molecule has 0 aromatic heterocycles. The van der Waals surface area contributed by atoms with E-state index in [1.54, 1.807) is 6.07 Å². The standard InChI is InChI=1S/C14H9ClFN3O/c15-11-3-2-10(5-9(11)7-17)19-14(20)8-1-4-13(18)12(16)6-8/h1-6H,18H2,(H,19,20). The number of nitriles is 1. The number of nitrogens with two attached hydrogens (primary N) is 1. The lowest BCUT2D eigenvalue weighted by Gasteiger charge is -2.07. The van der Waals surface area contributed by atoms with Crippen LogP contribution in [0, 0.1) is 17.1 Å². The van der Waals surface area contributed by atoms with Crippen molar-refractivity contribution in [1.82, 2.24) is 0 Å². The second kappa shape index (κ2) is 5.59. The Morgan fingerprint density at radius 1 is 1.30 bits per heavy atom. The van der Waals surface area contributed by atoms with Crippen LogP contribution in [-0.4, -0.2) is 5.91 Å². The van der Waals surface area contributed by atoms with Crippen LogP contribution in [0.3, 0.4) is 0 Å². The molecule has 0 aliphatic heterocycles. The normalized spacial score (nSPS) is 9.85. The molecular weight excluding hydrogens is 281 g/mol. The van der Waals surface area contributed by atoms with E-state index in [1.807, 2.05) is 6.07 Å². The lowest BCUT2D eigenvalue weighted by molar-refractivity contribution is 0.102. The number of nitrogens with one attached hydrogen (secondary N) is 1. The highest BCUT2D eigenvalue weighted by molar-refractivity contribution is 6.31. The fourth-order valence-corrected chi connectivity index (χ4v) is 1.72. The van der Waals surface area contributed by atoms with Crippen LogP contribution in [-0.2, 0) is 0 Å².